The van der Waals surface area contributed by atoms with Crippen LogP contribution >= 0.6 is 0 Å². The third-order valence-electron chi connectivity index (χ3n) is 7.07. The number of aromatic hydroxyl groups is 1. The number of halogens is 1. The zero-order valence-electron chi connectivity index (χ0n) is 19.3. The van der Waals surface area contributed by atoms with Crippen LogP contribution in [0.1, 0.15) is 61.0 Å². The summed E-state index contributed by atoms with van der Waals surface area (Å²) < 4.78 is 13.8. The average molecular weight is 460 g/mol. The number of phenolic OH excluding ortho intramolecular Hbond substituents is 1. The number of aryl methyl sites for hydroxylation is 3. The monoisotopic (exact) mass is 459 g/mol. The van der Waals surface area contributed by atoms with Gasteiger partial charge in [0.2, 0.25) is 5.91 Å². The van der Waals surface area contributed by atoms with Crippen LogP contribution < -0.4 is 5.32 Å². The molecule has 2 aliphatic rings. The average Bonchev–Trinajstić information content (AvgIpc) is 2.84. The Balaban J connectivity index is 1.42. The van der Waals surface area contributed by atoms with Crippen molar-refractivity contribution in [1.82, 2.24) is 9.97 Å². The summed E-state index contributed by atoms with van der Waals surface area (Å²) in [5, 5.41) is 12.5. The lowest BCUT2D eigenvalue weighted by molar-refractivity contribution is -0.115. The normalized spacial score (nSPS) is 15.4. The van der Waals surface area contributed by atoms with Crippen molar-refractivity contribution in [3.05, 3.63) is 70.8 Å². The molecule has 6 heteroatoms. The number of hydrogen-bond donors (Lipinski definition) is 2. The molecule has 1 fully saturated rings. The van der Waals surface area contributed by atoms with Gasteiger partial charge in [-0.05, 0) is 73.1 Å². The first-order chi connectivity index (χ1) is 16.5. The zero-order valence-corrected chi connectivity index (χ0v) is 19.3. The van der Waals surface area contributed by atoms with Gasteiger partial charge in [-0.1, -0.05) is 44.2 Å². The van der Waals surface area contributed by atoms with Crippen molar-refractivity contribution in [3.8, 4) is 17.0 Å². The minimum Gasteiger partial charge on any atom is -0.508 e. The number of phenols is 1. The molecule has 0 radical (unpaired) electrons. The predicted molar refractivity (Wildman–Crippen MR) is 130 cm³/mol. The summed E-state index contributed by atoms with van der Waals surface area (Å²) in [6.07, 6.45) is 9.77. The lowest BCUT2D eigenvalue weighted by Crippen LogP contribution is -2.20. The summed E-state index contributed by atoms with van der Waals surface area (Å²) in [6.45, 7) is 0. The SMILES string of the molecule is O=C(Cc1ccc(O)cc1)Nc1nc2c(nc1CCC1CCCCC1)-c1ccc(F)cc1CC2. The lowest BCUT2D eigenvalue weighted by Gasteiger charge is -2.23. The Kier molecular flexibility index (Phi) is 6.57. The van der Waals surface area contributed by atoms with Crippen LogP contribution in [0.5, 0.6) is 5.75 Å². The Labute approximate surface area is 199 Å². The fraction of sp³-hybridized carbons (Fsp3) is 0.393. The Morgan fingerprint density at radius 2 is 1.82 bits per heavy atom. The first kappa shape index (κ1) is 22.5. The van der Waals surface area contributed by atoms with Crippen LogP contribution in [0.15, 0.2) is 42.5 Å². The fourth-order valence-corrected chi connectivity index (χ4v) is 5.21. The molecule has 1 saturated carbocycles. The van der Waals surface area contributed by atoms with Gasteiger partial charge < -0.3 is 10.4 Å². The third-order valence-corrected chi connectivity index (χ3v) is 7.07. The maximum atomic E-state index is 13.8. The molecule has 176 valence electrons. The smallest absolute Gasteiger partial charge is 0.229 e. The highest BCUT2D eigenvalue weighted by Crippen LogP contribution is 2.34. The van der Waals surface area contributed by atoms with Gasteiger partial charge in [-0.25, -0.2) is 14.4 Å². The third kappa shape index (κ3) is 5.11. The maximum Gasteiger partial charge on any atom is 0.229 e. The van der Waals surface area contributed by atoms with Crippen molar-refractivity contribution in [2.75, 3.05) is 5.32 Å². The molecule has 0 unspecified atom stereocenters. The van der Waals surface area contributed by atoms with Crippen LogP contribution in [0.2, 0.25) is 0 Å². The largest absolute Gasteiger partial charge is 0.508 e. The number of carbonyl (C=O) groups excluding carboxylic acids is 1. The maximum absolute atomic E-state index is 13.8. The van der Waals surface area contributed by atoms with Crippen molar-refractivity contribution in [2.24, 2.45) is 5.92 Å². The summed E-state index contributed by atoms with van der Waals surface area (Å²) >= 11 is 0. The highest BCUT2D eigenvalue weighted by Gasteiger charge is 2.24. The van der Waals surface area contributed by atoms with E-state index in [4.69, 9.17) is 9.97 Å². The first-order valence-corrected chi connectivity index (χ1v) is 12.3. The quantitative estimate of drug-likeness (QED) is 0.490. The van der Waals surface area contributed by atoms with Gasteiger partial charge in [0.25, 0.3) is 0 Å². The lowest BCUT2D eigenvalue weighted by atomic mass is 9.85. The molecule has 2 aromatic carbocycles. The van der Waals surface area contributed by atoms with E-state index < -0.39 is 0 Å². The molecule has 5 nitrogen and oxygen atoms in total. The van der Waals surface area contributed by atoms with Gasteiger partial charge in [0.1, 0.15) is 11.6 Å². The molecule has 0 aliphatic heterocycles. The minimum absolute atomic E-state index is 0.155. The molecule has 0 spiro atoms. The van der Waals surface area contributed by atoms with Gasteiger partial charge in [0.15, 0.2) is 5.82 Å². The predicted octanol–water partition coefficient (Wildman–Crippen LogP) is 5.78. The molecule has 1 aromatic heterocycles. The van der Waals surface area contributed by atoms with Crippen molar-refractivity contribution >= 4 is 11.7 Å². The van der Waals surface area contributed by atoms with E-state index in [1.165, 1.54) is 38.2 Å². The first-order valence-electron chi connectivity index (χ1n) is 12.3. The van der Waals surface area contributed by atoms with Crippen LogP contribution in [-0.4, -0.2) is 21.0 Å². The number of benzene rings is 2. The van der Waals surface area contributed by atoms with Crippen LogP contribution in [0.25, 0.3) is 11.3 Å². The van der Waals surface area contributed by atoms with Gasteiger partial charge in [0, 0.05) is 5.56 Å². The summed E-state index contributed by atoms with van der Waals surface area (Å²) in [6, 6.07) is 11.5. The molecule has 1 heterocycles. The molecule has 34 heavy (non-hydrogen) atoms. The van der Waals surface area contributed by atoms with E-state index in [0.717, 1.165) is 46.6 Å². The number of aromatic nitrogens is 2. The molecule has 5 rings (SSSR count). The number of carbonyl (C=O) groups is 1. The second kappa shape index (κ2) is 9.92. The van der Waals surface area contributed by atoms with E-state index in [1.54, 1.807) is 36.4 Å². The van der Waals surface area contributed by atoms with E-state index in [0.29, 0.717) is 24.6 Å². The number of fused-ring (bicyclic) bond motifs is 3. The van der Waals surface area contributed by atoms with Crippen LogP contribution in [0.3, 0.4) is 0 Å². The van der Waals surface area contributed by atoms with Crippen LogP contribution in [0.4, 0.5) is 10.2 Å². The summed E-state index contributed by atoms with van der Waals surface area (Å²) in [4.78, 5) is 22.7. The van der Waals surface area contributed by atoms with Crippen molar-refractivity contribution in [2.45, 2.75) is 64.2 Å². The Morgan fingerprint density at radius 1 is 1.03 bits per heavy atom. The van der Waals surface area contributed by atoms with E-state index >= 15 is 0 Å². The molecule has 2 aliphatic carbocycles. The van der Waals surface area contributed by atoms with Crippen molar-refractivity contribution in [1.29, 1.82) is 0 Å². The Hall–Kier alpha value is -3.28. The van der Waals surface area contributed by atoms with Gasteiger partial charge in [0.05, 0.1) is 23.5 Å². The number of hydrogen-bond acceptors (Lipinski definition) is 4. The molecule has 3 aromatic rings. The molecule has 0 bridgehead atoms. The number of rotatable bonds is 6. The van der Waals surface area contributed by atoms with Gasteiger partial charge >= 0.3 is 0 Å². The molecule has 2 N–H and O–H groups in total. The zero-order chi connectivity index (χ0) is 23.5. The topological polar surface area (TPSA) is 75.1 Å². The van der Waals surface area contributed by atoms with Crippen LogP contribution in [0, 0.1) is 11.7 Å². The minimum atomic E-state index is -0.231. The van der Waals surface area contributed by atoms with Gasteiger partial charge in [-0.2, -0.15) is 0 Å². The van der Waals surface area contributed by atoms with Crippen LogP contribution in [-0.2, 0) is 30.5 Å². The summed E-state index contributed by atoms with van der Waals surface area (Å²) in [5.74, 6) is 1.02. The van der Waals surface area contributed by atoms with Gasteiger partial charge in [-0.15, -0.1) is 0 Å². The molecule has 0 saturated heterocycles. The number of anilines is 1. The molecule has 0 atom stereocenters. The highest BCUT2D eigenvalue weighted by atomic mass is 19.1. The second-order valence-corrected chi connectivity index (χ2v) is 9.55. The Bertz CT molecular complexity index is 1190. The van der Waals surface area contributed by atoms with E-state index in [9.17, 15) is 14.3 Å². The fourth-order valence-electron chi connectivity index (χ4n) is 5.21. The van der Waals surface area contributed by atoms with E-state index in [2.05, 4.69) is 5.32 Å². The second-order valence-electron chi connectivity index (χ2n) is 9.55. The number of nitrogens with zero attached hydrogens (tertiary/aromatic N) is 2. The summed E-state index contributed by atoms with van der Waals surface area (Å²) in [7, 11) is 0. The molecular formula is C28H30FN3O2. The van der Waals surface area contributed by atoms with Gasteiger partial charge in [-0.3, -0.25) is 4.79 Å². The summed E-state index contributed by atoms with van der Waals surface area (Å²) in [5.41, 5.74) is 5.19. The van der Waals surface area contributed by atoms with E-state index in [-0.39, 0.29) is 23.9 Å². The molecular weight excluding hydrogens is 429 g/mol. The number of nitrogens with one attached hydrogen (secondary N) is 1. The van der Waals surface area contributed by atoms with Crippen molar-refractivity contribution < 1.29 is 14.3 Å². The molecule has 1 amide bonds. The highest BCUT2D eigenvalue weighted by molar-refractivity contribution is 5.92. The standard InChI is InChI=1S/C28H30FN3O2/c29-21-10-13-23-20(17-21)9-15-24-27(23)30-25(14-8-18-4-2-1-3-5-18)28(31-24)32-26(34)16-19-6-11-22(33)12-7-19/h6-7,10-13,17-18,33H,1-5,8-9,14-16H2,(H,31,32,34). The van der Waals surface area contributed by atoms with Crippen molar-refractivity contribution in [3.63, 3.8) is 0 Å². The van der Waals surface area contributed by atoms with E-state index in [1.807, 2.05) is 0 Å². The Morgan fingerprint density at radius 3 is 2.62 bits per heavy atom. The number of amides is 1.